The van der Waals surface area contributed by atoms with E-state index in [9.17, 15) is 4.79 Å². The third-order valence-corrected chi connectivity index (χ3v) is 7.06. The first-order valence-corrected chi connectivity index (χ1v) is 13.3. The van der Waals surface area contributed by atoms with E-state index in [1.807, 2.05) is 19.3 Å². The Morgan fingerprint density at radius 1 is 1.15 bits per heavy atom. The van der Waals surface area contributed by atoms with Crippen LogP contribution in [0.4, 0.5) is 15.9 Å². The van der Waals surface area contributed by atoms with Gasteiger partial charge in [-0.3, -0.25) is 9.48 Å². The molecule has 3 aromatic heterocycles. The van der Waals surface area contributed by atoms with E-state index in [4.69, 9.17) is 21.1 Å². The average molecular weight is 574 g/mol. The molecule has 4 heterocycles. The van der Waals surface area contributed by atoms with Crippen LogP contribution in [0.5, 0.6) is 17.4 Å². The van der Waals surface area contributed by atoms with Gasteiger partial charge in [0, 0.05) is 62.8 Å². The zero-order chi connectivity index (χ0) is 28.5. The van der Waals surface area contributed by atoms with Gasteiger partial charge in [-0.1, -0.05) is 18.2 Å². The van der Waals surface area contributed by atoms with E-state index in [0.29, 0.717) is 48.6 Å². The molecular weight excluding hydrogens is 549 g/mol. The van der Waals surface area contributed by atoms with Gasteiger partial charge in [0.15, 0.2) is 5.82 Å². The Labute approximate surface area is 239 Å². The first-order chi connectivity index (χ1) is 19.9. The summed E-state index contributed by atoms with van der Waals surface area (Å²) >= 11 is 6.48. The molecule has 0 saturated carbocycles. The van der Waals surface area contributed by atoms with Crippen LogP contribution in [0.3, 0.4) is 0 Å². The van der Waals surface area contributed by atoms with Crippen LogP contribution in [-0.2, 0) is 11.8 Å². The molecule has 41 heavy (non-hydrogen) atoms. The van der Waals surface area contributed by atoms with E-state index >= 15 is 4.39 Å². The number of carbonyl (C=O) groups is 1. The van der Waals surface area contributed by atoms with Crippen molar-refractivity contribution in [3.05, 3.63) is 78.5 Å². The van der Waals surface area contributed by atoms with E-state index in [1.54, 1.807) is 33.8 Å². The number of rotatable bonds is 7. The highest BCUT2D eigenvalue weighted by Gasteiger charge is 2.23. The number of likely N-dealkylation sites (tertiary alicyclic amines) is 1. The summed E-state index contributed by atoms with van der Waals surface area (Å²) in [5.41, 5.74) is 1.80. The number of amides is 1. The Bertz CT molecular complexity index is 1790. The quantitative estimate of drug-likeness (QED) is 0.244. The van der Waals surface area contributed by atoms with Gasteiger partial charge in [-0.2, -0.15) is 5.10 Å². The number of pyridine rings is 1. The highest BCUT2D eigenvalue weighted by atomic mass is 35.5. The maximum absolute atomic E-state index is 15.2. The standard InChI is InChI=1S/C29H25ClFN7O3/c1-3-27(39)38-10-8-18(9-11-38)41-26-7-6-22-28(35-26)29(33-16-32-22)34-24-13-20(30)25(14-21(24)31)40-19-5-4-17-15-37(2)36-23(17)12-19/h3-7,12-16,18H,1,8-11H2,2H3,(H,32,33,34). The molecule has 1 aliphatic heterocycles. The minimum Gasteiger partial charge on any atom is -0.474 e. The van der Waals surface area contributed by atoms with E-state index in [-0.39, 0.29) is 34.3 Å². The molecule has 1 fully saturated rings. The Kier molecular flexibility index (Phi) is 7.10. The molecule has 1 N–H and O–H groups in total. The van der Waals surface area contributed by atoms with Gasteiger partial charge in [0.05, 0.1) is 21.7 Å². The van der Waals surface area contributed by atoms with Gasteiger partial charge >= 0.3 is 0 Å². The van der Waals surface area contributed by atoms with Gasteiger partial charge in [0.25, 0.3) is 0 Å². The van der Waals surface area contributed by atoms with Crippen molar-refractivity contribution in [3.63, 3.8) is 0 Å². The Hall–Kier alpha value is -4.77. The molecule has 0 spiro atoms. The summed E-state index contributed by atoms with van der Waals surface area (Å²) < 4.78 is 28.9. The Morgan fingerprint density at radius 2 is 1.98 bits per heavy atom. The number of aromatic nitrogens is 5. The van der Waals surface area contributed by atoms with E-state index < -0.39 is 5.82 Å². The number of nitrogens with zero attached hydrogens (tertiary/aromatic N) is 6. The number of hydrogen-bond acceptors (Lipinski definition) is 8. The fraction of sp³-hybridized carbons (Fsp3) is 0.207. The number of benzene rings is 2. The van der Waals surface area contributed by atoms with Gasteiger partial charge < -0.3 is 19.7 Å². The zero-order valence-corrected chi connectivity index (χ0v) is 22.8. The number of fused-ring (bicyclic) bond motifs is 2. The van der Waals surface area contributed by atoms with Crippen LogP contribution < -0.4 is 14.8 Å². The normalized spacial score (nSPS) is 13.9. The highest BCUT2D eigenvalue weighted by Crippen LogP contribution is 2.36. The maximum Gasteiger partial charge on any atom is 0.245 e. The summed E-state index contributed by atoms with van der Waals surface area (Å²) in [5.74, 6) is 0.635. The summed E-state index contributed by atoms with van der Waals surface area (Å²) in [6.07, 6.45) is 5.82. The summed E-state index contributed by atoms with van der Waals surface area (Å²) in [6.45, 7) is 4.70. The molecule has 1 saturated heterocycles. The number of halogens is 2. The number of anilines is 2. The first kappa shape index (κ1) is 26.5. The summed E-state index contributed by atoms with van der Waals surface area (Å²) in [6, 6.07) is 11.5. The van der Waals surface area contributed by atoms with Crippen molar-refractivity contribution in [3.8, 4) is 17.4 Å². The molecular formula is C29H25ClFN7O3. The molecule has 1 amide bonds. The van der Waals surface area contributed by atoms with Gasteiger partial charge in [-0.15, -0.1) is 0 Å². The lowest BCUT2D eigenvalue weighted by atomic mass is 10.1. The molecule has 0 radical (unpaired) electrons. The van der Waals surface area contributed by atoms with Crippen molar-refractivity contribution in [1.29, 1.82) is 0 Å². The topological polar surface area (TPSA) is 107 Å². The van der Waals surface area contributed by atoms with Crippen molar-refractivity contribution in [2.45, 2.75) is 18.9 Å². The number of carbonyl (C=O) groups excluding carboxylic acids is 1. The molecule has 208 valence electrons. The number of hydrogen-bond donors (Lipinski definition) is 1. The average Bonchev–Trinajstić information content (AvgIpc) is 3.35. The van der Waals surface area contributed by atoms with Crippen LogP contribution in [0.1, 0.15) is 12.8 Å². The molecule has 1 aliphatic rings. The monoisotopic (exact) mass is 573 g/mol. The highest BCUT2D eigenvalue weighted by molar-refractivity contribution is 6.32. The molecule has 6 rings (SSSR count). The minimum atomic E-state index is -0.594. The number of nitrogens with one attached hydrogen (secondary N) is 1. The van der Waals surface area contributed by atoms with Crippen LogP contribution in [0.15, 0.2) is 67.6 Å². The van der Waals surface area contributed by atoms with Crippen molar-refractivity contribution < 1.29 is 18.7 Å². The fourth-order valence-corrected chi connectivity index (χ4v) is 4.92. The largest absolute Gasteiger partial charge is 0.474 e. The van der Waals surface area contributed by atoms with Crippen molar-refractivity contribution in [2.75, 3.05) is 18.4 Å². The minimum absolute atomic E-state index is 0.0851. The molecule has 2 aromatic carbocycles. The van der Waals surface area contributed by atoms with E-state index in [2.05, 4.69) is 31.9 Å². The molecule has 0 aliphatic carbocycles. The lowest BCUT2D eigenvalue weighted by Crippen LogP contribution is -2.41. The summed E-state index contributed by atoms with van der Waals surface area (Å²) in [5, 5.41) is 8.51. The van der Waals surface area contributed by atoms with Gasteiger partial charge in [0.2, 0.25) is 11.8 Å². The molecule has 0 atom stereocenters. The SMILES string of the molecule is C=CC(=O)N1CCC(Oc2ccc3ncnc(Nc4cc(Cl)c(Oc5ccc6cn(C)nc6c5)cc4F)c3n2)CC1. The lowest BCUT2D eigenvalue weighted by Gasteiger charge is -2.31. The van der Waals surface area contributed by atoms with Crippen LogP contribution in [0.25, 0.3) is 21.9 Å². The predicted octanol–water partition coefficient (Wildman–Crippen LogP) is 5.80. The predicted molar refractivity (Wildman–Crippen MR) is 153 cm³/mol. The fourth-order valence-electron chi connectivity index (χ4n) is 4.71. The second-order valence-electron chi connectivity index (χ2n) is 9.60. The van der Waals surface area contributed by atoms with Crippen LogP contribution in [0, 0.1) is 5.82 Å². The van der Waals surface area contributed by atoms with Crippen molar-refractivity contribution in [1.82, 2.24) is 29.6 Å². The zero-order valence-electron chi connectivity index (χ0n) is 22.1. The molecule has 5 aromatic rings. The van der Waals surface area contributed by atoms with Crippen LogP contribution in [0.2, 0.25) is 5.02 Å². The summed E-state index contributed by atoms with van der Waals surface area (Å²) in [7, 11) is 1.84. The number of ether oxygens (including phenoxy) is 2. The van der Waals surface area contributed by atoms with Gasteiger partial charge in [-0.05, 0) is 30.3 Å². The molecule has 12 heteroatoms. The smallest absolute Gasteiger partial charge is 0.245 e. The summed E-state index contributed by atoms with van der Waals surface area (Å²) in [4.78, 5) is 26.7. The second kappa shape index (κ2) is 11.0. The van der Waals surface area contributed by atoms with Crippen LogP contribution >= 0.6 is 11.6 Å². The van der Waals surface area contributed by atoms with Crippen LogP contribution in [-0.4, -0.2) is 54.7 Å². The molecule has 0 unspecified atom stereocenters. The third-order valence-electron chi connectivity index (χ3n) is 6.77. The molecule has 10 nitrogen and oxygen atoms in total. The second-order valence-corrected chi connectivity index (χ2v) is 10.0. The Balaban J connectivity index is 1.20. The van der Waals surface area contributed by atoms with Gasteiger partial charge in [-0.25, -0.2) is 19.3 Å². The van der Waals surface area contributed by atoms with E-state index in [1.165, 1.54) is 24.5 Å². The Morgan fingerprint density at radius 3 is 2.78 bits per heavy atom. The maximum atomic E-state index is 15.2. The van der Waals surface area contributed by atoms with Crippen molar-refractivity contribution in [2.24, 2.45) is 7.05 Å². The number of aryl methyl sites for hydroxylation is 1. The number of piperidine rings is 1. The van der Waals surface area contributed by atoms with Crippen molar-refractivity contribution >= 4 is 50.9 Å². The third kappa shape index (κ3) is 5.62. The van der Waals surface area contributed by atoms with E-state index in [0.717, 1.165) is 10.9 Å². The lowest BCUT2D eigenvalue weighted by molar-refractivity contribution is -0.127. The first-order valence-electron chi connectivity index (χ1n) is 12.9. The van der Waals surface area contributed by atoms with Gasteiger partial charge in [0.1, 0.15) is 35.3 Å². The molecule has 0 bridgehead atoms.